The topological polar surface area (TPSA) is 70.6 Å². The minimum absolute atomic E-state index is 0.0369. The molecule has 37 heavy (non-hydrogen) atoms. The number of aryl methyl sites for hydroxylation is 1. The summed E-state index contributed by atoms with van der Waals surface area (Å²) < 4.78 is 0. The van der Waals surface area contributed by atoms with Crippen molar-refractivity contribution in [1.82, 2.24) is 14.8 Å². The van der Waals surface area contributed by atoms with Gasteiger partial charge < -0.3 is 4.90 Å². The fraction of sp³-hybridized carbons (Fsp3) is 0.226. The number of aromatic nitrogens is 1. The van der Waals surface area contributed by atoms with Crippen LogP contribution in [-0.4, -0.2) is 39.6 Å². The largest absolute Gasteiger partial charge is 0.341 e. The number of amides is 3. The quantitative estimate of drug-likeness (QED) is 0.349. The fourth-order valence-corrected chi connectivity index (χ4v) is 5.36. The molecule has 1 atom stereocenters. The zero-order valence-corrected chi connectivity index (χ0v) is 21.1. The van der Waals surface area contributed by atoms with Gasteiger partial charge in [-0.05, 0) is 46.0 Å². The molecule has 0 radical (unpaired) electrons. The summed E-state index contributed by atoms with van der Waals surface area (Å²) in [4.78, 5) is 48.0. The first kappa shape index (κ1) is 24.4. The van der Waals surface area contributed by atoms with E-state index >= 15 is 0 Å². The van der Waals surface area contributed by atoms with E-state index in [1.165, 1.54) is 4.90 Å². The van der Waals surface area contributed by atoms with Gasteiger partial charge in [0, 0.05) is 38.8 Å². The summed E-state index contributed by atoms with van der Waals surface area (Å²) in [6.45, 7) is 2.47. The van der Waals surface area contributed by atoms with E-state index in [0.29, 0.717) is 6.54 Å². The van der Waals surface area contributed by atoms with E-state index in [1.807, 2.05) is 79.7 Å². The van der Waals surface area contributed by atoms with Gasteiger partial charge in [-0.2, -0.15) is 0 Å². The first-order valence-electron chi connectivity index (χ1n) is 12.4. The van der Waals surface area contributed by atoms with Crippen molar-refractivity contribution in [3.05, 3.63) is 114 Å². The number of benzene rings is 3. The van der Waals surface area contributed by atoms with Crippen LogP contribution < -0.4 is 0 Å². The van der Waals surface area contributed by atoms with Crippen LogP contribution in [0, 0.1) is 6.92 Å². The van der Waals surface area contributed by atoms with Crippen LogP contribution in [-0.2, 0) is 32.9 Å². The lowest BCUT2D eigenvalue weighted by Gasteiger charge is -2.30. The molecule has 1 unspecified atom stereocenters. The van der Waals surface area contributed by atoms with Crippen LogP contribution >= 0.6 is 0 Å². The highest BCUT2D eigenvalue weighted by atomic mass is 16.2. The van der Waals surface area contributed by atoms with Crippen LogP contribution in [0.4, 0.5) is 0 Å². The summed E-state index contributed by atoms with van der Waals surface area (Å²) in [5.41, 5.74) is 2.18. The number of carbonyl (C=O) groups excluding carboxylic acids is 3. The Balaban J connectivity index is 1.46. The molecule has 1 fully saturated rings. The highest BCUT2D eigenvalue weighted by Gasteiger charge is 2.54. The number of fused-ring (bicyclic) bond motifs is 1. The number of hydrogen-bond donors (Lipinski definition) is 0. The lowest BCUT2D eigenvalue weighted by molar-refractivity contribution is -0.143. The minimum atomic E-state index is -1.24. The number of rotatable bonds is 7. The summed E-state index contributed by atoms with van der Waals surface area (Å²) in [5.74, 6) is -0.787. The Morgan fingerprint density at radius 2 is 1.73 bits per heavy atom. The summed E-state index contributed by atoms with van der Waals surface area (Å²) in [7, 11) is 1.75. The van der Waals surface area contributed by atoms with E-state index in [1.54, 1.807) is 30.4 Å². The van der Waals surface area contributed by atoms with Crippen LogP contribution in [0.25, 0.3) is 10.8 Å². The lowest BCUT2D eigenvalue weighted by atomic mass is 9.74. The van der Waals surface area contributed by atoms with Crippen LogP contribution in [0.2, 0.25) is 0 Å². The Kier molecular flexibility index (Phi) is 6.57. The van der Waals surface area contributed by atoms with Crippen LogP contribution in [0.5, 0.6) is 0 Å². The van der Waals surface area contributed by atoms with Crippen LogP contribution in [0.1, 0.15) is 35.1 Å². The molecule has 1 aromatic heterocycles. The van der Waals surface area contributed by atoms with Crippen molar-refractivity contribution in [3.8, 4) is 0 Å². The smallest absolute Gasteiger partial charge is 0.241 e. The number of carbonyl (C=O) groups is 3. The first-order chi connectivity index (χ1) is 17.9. The molecule has 5 rings (SSSR count). The SMILES string of the molecule is Cc1ccccc1C1(CC(=O)N(C)Cc2cccc3ccccc23)CC(=O)N(Cc2cccnc2)C1=O. The van der Waals surface area contributed by atoms with Crippen molar-refractivity contribution in [3.63, 3.8) is 0 Å². The zero-order valence-electron chi connectivity index (χ0n) is 21.1. The Labute approximate surface area is 216 Å². The molecule has 6 nitrogen and oxygen atoms in total. The molecule has 0 bridgehead atoms. The molecule has 186 valence electrons. The van der Waals surface area contributed by atoms with Gasteiger partial charge >= 0.3 is 0 Å². The van der Waals surface area contributed by atoms with E-state index in [4.69, 9.17) is 0 Å². The van der Waals surface area contributed by atoms with Gasteiger partial charge in [-0.25, -0.2) is 0 Å². The predicted molar refractivity (Wildman–Crippen MR) is 142 cm³/mol. The van der Waals surface area contributed by atoms with Gasteiger partial charge in [0.2, 0.25) is 17.7 Å². The second-order valence-electron chi connectivity index (χ2n) is 9.78. The second kappa shape index (κ2) is 9.97. The van der Waals surface area contributed by atoms with Gasteiger partial charge in [0.15, 0.2) is 0 Å². The van der Waals surface area contributed by atoms with Gasteiger partial charge in [-0.3, -0.25) is 24.3 Å². The van der Waals surface area contributed by atoms with Crippen molar-refractivity contribution in [2.24, 2.45) is 0 Å². The Morgan fingerprint density at radius 3 is 2.51 bits per heavy atom. The van der Waals surface area contributed by atoms with E-state index in [9.17, 15) is 14.4 Å². The third-order valence-electron chi connectivity index (χ3n) is 7.30. The van der Waals surface area contributed by atoms with Gasteiger partial charge in [-0.15, -0.1) is 0 Å². The van der Waals surface area contributed by atoms with Crippen molar-refractivity contribution in [1.29, 1.82) is 0 Å². The third kappa shape index (κ3) is 4.62. The molecule has 1 aliphatic rings. The molecule has 0 spiro atoms. The predicted octanol–water partition coefficient (Wildman–Crippen LogP) is 4.79. The van der Waals surface area contributed by atoms with E-state index in [0.717, 1.165) is 33.0 Å². The fourth-order valence-electron chi connectivity index (χ4n) is 5.36. The first-order valence-corrected chi connectivity index (χ1v) is 12.4. The van der Waals surface area contributed by atoms with Gasteiger partial charge in [0.05, 0.1) is 12.0 Å². The summed E-state index contributed by atoms with van der Waals surface area (Å²) in [5, 5.41) is 2.20. The Bertz CT molecular complexity index is 1480. The summed E-state index contributed by atoms with van der Waals surface area (Å²) in [6, 6.07) is 25.3. The molecular formula is C31H29N3O3. The maximum absolute atomic E-state index is 14.0. The number of hydrogen-bond acceptors (Lipinski definition) is 4. The lowest BCUT2D eigenvalue weighted by Crippen LogP contribution is -2.42. The monoisotopic (exact) mass is 491 g/mol. The highest BCUT2D eigenvalue weighted by Crippen LogP contribution is 2.42. The van der Waals surface area contributed by atoms with Gasteiger partial charge in [0.1, 0.15) is 0 Å². The molecule has 2 heterocycles. The molecule has 0 saturated carbocycles. The standard InChI is InChI=1S/C31H29N3O3/c1-22-9-3-6-15-27(22)31(18-29(36)34(30(31)37)20-23-10-8-16-32-19-23)17-28(35)33(2)21-25-13-7-12-24-11-4-5-14-26(24)25/h3-16,19H,17-18,20-21H2,1-2H3. The molecule has 4 aromatic rings. The Morgan fingerprint density at radius 1 is 0.973 bits per heavy atom. The second-order valence-corrected chi connectivity index (χ2v) is 9.78. The highest BCUT2D eigenvalue weighted by molar-refractivity contribution is 6.10. The van der Waals surface area contributed by atoms with E-state index < -0.39 is 5.41 Å². The summed E-state index contributed by atoms with van der Waals surface area (Å²) >= 11 is 0. The number of imide groups is 1. The van der Waals surface area contributed by atoms with Crippen molar-refractivity contribution < 1.29 is 14.4 Å². The molecule has 1 aliphatic heterocycles. The molecule has 6 heteroatoms. The van der Waals surface area contributed by atoms with Gasteiger partial charge in [0.25, 0.3) is 0 Å². The van der Waals surface area contributed by atoms with Crippen LogP contribution in [0.3, 0.4) is 0 Å². The molecule has 1 saturated heterocycles. The zero-order chi connectivity index (χ0) is 26.0. The van der Waals surface area contributed by atoms with Crippen molar-refractivity contribution >= 4 is 28.5 Å². The molecule has 0 N–H and O–H groups in total. The summed E-state index contributed by atoms with van der Waals surface area (Å²) in [6.07, 6.45) is 3.19. The third-order valence-corrected chi connectivity index (χ3v) is 7.30. The van der Waals surface area contributed by atoms with E-state index in [-0.39, 0.29) is 37.1 Å². The maximum atomic E-state index is 14.0. The minimum Gasteiger partial charge on any atom is -0.341 e. The van der Waals surface area contributed by atoms with E-state index in [2.05, 4.69) is 4.98 Å². The number of likely N-dealkylation sites (tertiary alicyclic amines) is 1. The van der Waals surface area contributed by atoms with Crippen LogP contribution in [0.15, 0.2) is 91.3 Å². The Hall–Kier alpha value is -4.32. The molecule has 3 amide bonds. The maximum Gasteiger partial charge on any atom is 0.241 e. The van der Waals surface area contributed by atoms with Gasteiger partial charge in [-0.1, -0.05) is 72.8 Å². The van der Waals surface area contributed by atoms with Crippen molar-refractivity contribution in [2.45, 2.75) is 38.3 Å². The number of pyridine rings is 1. The normalized spacial score (nSPS) is 17.4. The van der Waals surface area contributed by atoms with Crippen molar-refractivity contribution in [2.75, 3.05) is 7.05 Å². The average molecular weight is 492 g/mol. The average Bonchev–Trinajstić information content (AvgIpc) is 3.14. The molecular weight excluding hydrogens is 462 g/mol. The number of nitrogens with zero attached hydrogens (tertiary/aromatic N) is 3. The molecule has 0 aliphatic carbocycles. The molecule has 3 aromatic carbocycles.